The summed E-state index contributed by atoms with van der Waals surface area (Å²) in [5, 5.41) is 22.4. The van der Waals surface area contributed by atoms with E-state index in [1.807, 2.05) is 0 Å². The van der Waals surface area contributed by atoms with Gasteiger partial charge >= 0.3 is 0 Å². The largest absolute Gasteiger partial charge is 0.411 e. The van der Waals surface area contributed by atoms with Crippen LogP contribution < -0.4 is 0 Å². The molecule has 1 saturated carbocycles. The lowest BCUT2D eigenvalue weighted by Gasteiger charge is -2.37. The first-order valence-electron chi connectivity index (χ1n) is 6.06. The van der Waals surface area contributed by atoms with Crippen molar-refractivity contribution in [3.05, 3.63) is 0 Å². The van der Waals surface area contributed by atoms with E-state index in [-0.39, 0.29) is 5.92 Å². The fourth-order valence-electron chi connectivity index (χ4n) is 2.50. The topological polar surface area (TPSA) is 52.8 Å². The highest BCUT2D eigenvalue weighted by Crippen LogP contribution is 2.35. The summed E-state index contributed by atoms with van der Waals surface area (Å²) in [6, 6.07) is 0. The molecule has 15 heavy (non-hydrogen) atoms. The zero-order chi connectivity index (χ0) is 11.3. The molecule has 0 aromatic heterocycles. The van der Waals surface area contributed by atoms with E-state index in [1.54, 1.807) is 6.92 Å². The van der Waals surface area contributed by atoms with Gasteiger partial charge < -0.3 is 10.3 Å². The van der Waals surface area contributed by atoms with Gasteiger partial charge in [0.1, 0.15) is 5.60 Å². The van der Waals surface area contributed by atoms with Crippen molar-refractivity contribution in [1.82, 2.24) is 0 Å². The number of oxime groups is 1. The predicted octanol–water partition coefficient (Wildman–Crippen LogP) is 2.95. The third-order valence-electron chi connectivity index (χ3n) is 3.62. The van der Waals surface area contributed by atoms with Gasteiger partial charge in [0.05, 0.1) is 5.71 Å². The second-order valence-corrected chi connectivity index (χ2v) is 4.78. The smallest absolute Gasteiger partial charge is 0.106 e. The molecule has 0 amide bonds. The van der Waals surface area contributed by atoms with Crippen molar-refractivity contribution in [2.45, 2.75) is 64.4 Å². The van der Waals surface area contributed by atoms with Crippen LogP contribution in [0.5, 0.6) is 0 Å². The van der Waals surface area contributed by atoms with Crippen LogP contribution in [0.2, 0.25) is 0 Å². The Bertz CT molecular complexity index is 224. The summed E-state index contributed by atoms with van der Waals surface area (Å²) in [6.07, 6.45) is 7.44. The van der Waals surface area contributed by atoms with Gasteiger partial charge in [-0.25, -0.2) is 0 Å². The first kappa shape index (κ1) is 12.5. The molecular formula is C12H23NO2. The van der Waals surface area contributed by atoms with Crippen molar-refractivity contribution in [1.29, 1.82) is 0 Å². The van der Waals surface area contributed by atoms with Crippen molar-refractivity contribution in [3.63, 3.8) is 0 Å². The average molecular weight is 213 g/mol. The fraction of sp³-hybridized carbons (Fsp3) is 0.917. The molecule has 0 bridgehead atoms. The summed E-state index contributed by atoms with van der Waals surface area (Å²) in [6.45, 7) is 3.97. The Kier molecular flexibility index (Phi) is 4.58. The fourth-order valence-corrected chi connectivity index (χ4v) is 2.50. The summed E-state index contributed by atoms with van der Waals surface area (Å²) < 4.78 is 0. The van der Waals surface area contributed by atoms with Crippen LogP contribution in [0.1, 0.15) is 58.8 Å². The minimum absolute atomic E-state index is 0.267. The Morgan fingerprint density at radius 1 is 1.47 bits per heavy atom. The predicted molar refractivity (Wildman–Crippen MR) is 61.3 cm³/mol. The molecule has 1 rings (SSSR count). The van der Waals surface area contributed by atoms with Gasteiger partial charge in [0.15, 0.2) is 0 Å². The maximum absolute atomic E-state index is 10.3. The van der Waals surface area contributed by atoms with E-state index < -0.39 is 5.60 Å². The maximum Gasteiger partial charge on any atom is 0.106 e. The van der Waals surface area contributed by atoms with Crippen molar-refractivity contribution >= 4 is 5.71 Å². The molecule has 0 aliphatic heterocycles. The van der Waals surface area contributed by atoms with Gasteiger partial charge in [0.2, 0.25) is 0 Å². The number of hydrogen-bond acceptors (Lipinski definition) is 3. The van der Waals surface area contributed by atoms with Crippen molar-refractivity contribution in [2.24, 2.45) is 11.1 Å². The summed E-state index contributed by atoms with van der Waals surface area (Å²) in [7, 11) is 0. The van der Waals surface area contributed by atoms with Crippen LogP contribution in [0.3, 0.4) is 0 Å². The van der Waals surface area contributed by atoms with E-state index in [4.69, 9.17) is 5.21 Å². The molecule has 2 atom stereocenters. The Balaban J connectivity index is 2.55. The maximum atomic E-state index is 10.3. The molecular weight excluding hydrogens is 190 g/mol. The van der Waals surface area contributed by atoms with E-state index in [2.05, 4.69) is 12.1 Å². The van der Waals surface area contributed by atoms with Gasteiger partial charge in [0, 0.05) is 0 Å². The average Bonchev–Trinajstić information content (AvgIpc) is 2.20. The van der Waals surface area contributed by atoms with E-state index >= 15 is 0 Å². The van der Waals surface area contributed by atoms with E-state index in [0.29, 0.717) is 5.71 Å². The molecule has 0 spiro atoms. The summed E-state index contributed by atoms with van der Waals surface area (Å²) in [4.78, 5) is 0. The number of aliphatic hydroxyl groups is 1. The highest BCUT2D eigenvalue weighted by atomic mass is 16.4. The SMILES string of the molecule is CCCCCC1CCCC(=NO)C1(C)O. The van der Waals surface area contributed by atoms with Crippen molar-refractivity contribution in [3.8, 4) is 0 Å². The molecule has 3 heteroatoms. The van der Waals surface area contributed by atoms with Gasteiger partial charge in [-0.05, 0) is 38.5 Å². The van der Waals surface area contributed by atoms with Gasteiger partial charge in [-0.1, -0.05) is 31.3 Å². The van der Waals surface area contributed by atoms with Crippen molar-refractivity contribution < 1.29 is 10.3 Å². The highest BCUT2D eigenvalue weighted by molar-refractivity contribution is 5.92. The van der Waals surface area contributed by atoms with Gasteiger partial charge in [-0.2, -0.15) is 0 Å². The number of rotatable bonds is 4. The zero-order valence-corrected chi connectivity index (χ0v) is 9.87. The Morgan fingerprint density at radius 3 is 2.80 bits per heavy atom. The van der Waals surface area contributed by atoms with Crippen LogP contribution in [0, 0.1) is 5.92 Å². The first-order chi connectivity index (χ1) is 7.12. The lowest BCUT2D eigenvalue weighted by Crippen LogP contribution is -2.46. The number of unbranched alkanes of at least 4 members (excludes halogenated alkanes) is 2. The summed E-state index contributed by atoms with van der Waals surface area (Å²) >= 11 is 0. The standard InChI is InChI=1S/C12H23NO2/c1-3-4-5-7-10-8-6-9-11(13-15)12(10,2)14/h10,14-15H,3-9H2,1-2H3. The molecule has 1 aliphatic carbocycles. The molecule has 3 nitrogen and oxygen atoms in total. The normalized spacial score (nSPS) is 34.6. The Morgan fingerprint density at radius 2 is 2.20 bits per heavy atom. The highest BCUT2D eigenvalue weighted by Gasteiger charge is 2.39. The zero-order valence-electron chi connectivity index (χ0n) is 9.87. The number of hydrogen-bond donors (Lipinski definition) is 2. The minimum Gasteiger partial charge on any atom is -0.411 e. The molecule has 88 valence electrons. The quantitative estimate of drug-likeness (QED) is 0.428. The number of nitrogens with zero attached hydrogens (tertiary/aromatic N) is 1. The van der Waals surface area contributed by atoms with Crippen LogP contribution in [-0.2, 0) is 0 Å². The molecule has 1 aliphatic rings. The van der Waals surface area contributed by atoms with Gasteiger partial charge in [-0.3, -0.25) is 0 Å². The minimum atomic E-state index is -0.888. The summed E-state index contributed by atoms with van der Waals surface area (Å²) in [5.41, 5.74) is -0.323. The van der Waals surface area contributed by atoms with E-state index in [9.17, 15) is 5.11 Å². The van der Waals surface area contributed by atoms with Crippen LogP contribution in [-0.4, -0.2) is 21.6 Å². The summed E-state index contributed by atoms with van der Waals surface area (Å²) in [5.74, 6) is 0.267. The third kappa shape index (κ3) is 2.94. The first-order valence-corrected chi connectivity index (χ1v) is 6.06. The molecule has 2 unspecified atom stereocenters. The van der Waals surface area contributed by atoms with Crippen LogP contribution in [0.4, 0.5) is 0 Å². The lowest BCUT2D eigenvalue weighted by molar-refractivity contribution is 0.0398. The second kappa shape index (κ2) is 5.50. The second-order valence-electron chi connectivity index (χ2n) is 4.78. The van der Waals surface area contributed by atoms with Gasteiger partial charge in [0.25, 0.3) is 0 Å². The van der Waals surface area contributed by atoms with Crippen LogP contribution in [0.15, 0.2) is 5.16 Å². The van der Waals surface area contributed by atoms with Crippen molar-refractivity contribution in [2.75, 3.05) is 0 Å². The Labute approximate surface area is 92.2 Å². The molecule has 2 N–H and O–H groups in total. The molecule has 0 saturated heterocycles. The lowest BCUT2D eigenvalue weighted by atomic mass is 9.73. The van der Waals surface area contributed by atoms with Crippen LogP contribution >= 0.6 is 0 Å². The molecule has 0 aromatic rings. The molecule has 0 aromatic carbocycles. The monoisotopic (exact) mass is 213 g/mol. The molecule has 0 radical (unpaired) electrons. The molecule has 0 heterocycles. The van der Waals surface area contributed by atoms with E-state index in [0.717, 1.165) is 32.1 Å². The van der Waals surface area contributed by atoms with Crippen LogP contribution in [0.25, 0.3) is 0 Å². The van der Waals surface area contributed by atoms with E-state index in [1.165, 1.54) is 12.8 Å². The molecule has 1 fully saturated rings. The Hall–Kier alpha value is -0.570. The van der Waals surface area contributed by atoms with Gasteiger partial charge in [-0.15, -0.1) is 0 Å². The third-order valence-corrected chi connectivity index (χ3v) is 3.62.